The molecule has 2 fully saturated rings. The van der Waals surface area contributed by atoms with Gasteiger partial charge in [0.15, 0.2) is 0 Å². The Bertz CT molecular complexity index is 895. The molecule has 1 saturated carbocycles. The molecule has 12 heteroatoms. The summed E-state index contributed by atoms with van der Waals surface area (Å²) in [6.45, 7) is 11.3. The number of carbonyl (C=O) groups is 5. The van der Waals surface area contributed by atoms with Crippen LogP contribution in [-0.4, -0.2) is 85.1 Å². The summed E-state index contributed by atoms with van der Waals surface area (Å²) in [7, 11) is 0. The Morgan fingerprint density at radius 2 is 1.84 bits per heavy atom. The van der Waals surface area contributed by atoms with Crippen LogP contribution in [0.25, 0.3) is 0 Å². The number of amides is 4. The van der Waals surface area contributed by atoms with Gasteiger partial charge in [0.2, 0.25) is 11.7 Å². The van der Waals surface area contributed by atoms with Gasteiger partial charge in [0.25, 0.3) is 5.91 Å². The van der Waals surface area contributed by atoms with Gasteiger partial charge >= 0.3 is 12.0 Å². The normalized spacial score (nSPS) is 19.0. The summed E-state index contributed by atoms with van der Waals surface area (Å²) in [5.41, 5.74) is 2.03. The van der Waals surface area contributed by atoms with Crippen molar-refractivity contribution in [3.8, 4) is 0 Å². The number of likely N-dealkylation sites (tertiary alicyclic amines) is 1. The van der Waals surface area contributed by atoms with Gasteiger partial charge in [0, 0.05) is 19.3 Å². The zero-order valence-electron chi connectivity index (χ0n) is 22.2. The highest BCUT2D eigenvalue weighted by Crippen LogP contribution is 2.28. The highest BCUT2D eigenvalue weighted by molar-refractivity contribution is 6.38. The van der Waals surface area contributed by atoms with Crippen LogP contribution in [0.3, 0.4) is 0 Å². The second-order valence-electron chi connectivity index (χ2n) is 10.5. The highest BCUT2D eigenvalue weighted by Gasteiger charge is 2.39. The van der Waals surface area contributed by atoms with Crippen LogP contribution in [0.5, 0.6) is 0 Å². The van der Waals surface area contributed by atoms with Crippen molar-refractivity contribution in [2.75, 3.05) is 26.2 Å². The van der Waals surface area contributed by atoms with Gasteiger partial charge in [-0.05, 0) is 43.9 Å². The summed E-state index contributed by atoms with van der Waals surface area (Å²) in [4.78, 5) is 63.3. The Morgan fingerprint density at radius 1 is 1.14 bits per heavy atom. The first kappa shape index (κ1) is 29.8. The molecule has 0 bridgehead atoms. The SMILES string of the molecule is C=CCNC(=O)C(=O)C(C)NN=CC1CCCN1C(=O)C(NC(=O)NCC(=O)OCC1CC1)C(C)(C)C. The largest absolute Gasteiger partial charge is 0.464 e. The molecule has 0 radical (unpaired) electrons. The molecule has 206 valence electrons. The fraction of sp³-hybridized carbons (Fsp3) is 0.680. The summed E-state index contributed by atoms with van der Waals surface area (Å²) in [6.07, 6.45) is 6.52. The van der Waals surface area contributed by atoms with Crippen molar-refractivity contribution in [2.45, 2.75) is 71.5 Å². The lowest BCUT2D eigenvalue weighted by molar-refractivity contribution is -0.142. The number of carbonyl (C=O) groups excluding carboxylic acids is 5. The first-order valence-electron chi connectivity index (χ1n) is 12.7. The Kier molecular flexibility index (Phi) is 11.1. The van der Waals surface area contributed by atoms with Crippen molar-refractivity contribution in [3.63, 3.8) is 0 Å². The third-order valence-electron chi connectivity index (χ3n) is 6.08. The maximum atomic E-state index is 13.5. The third-order valence-corrected chi connectivity index (χ3v) is 6.08. The number of hydrogen-bond donors (Lipinski definition) is 4. The Labute approximate surface area is 218 Å². The second kappa shape index (κ2) is 13.8. The van der Waals surface area contributed by atoms with Crippen LogP contribution < -0.4 is 21.4 Å². The zero-order valence-corrected chi connectivity index (χ0v) is 22.2. The average Bonchev–Trinajstić information content (AvgIpc) is 3.57. The topological polar surface area (TPSA) is 158 Å². The summed E-state index contributed by atoms with van der Waals surface area (Å²) in [6, 6.07) is -2.69. The van der Waals surface area contributed by atoms with Crippen molar-refractivity contribution in [3.05, 3.63) is 12.7 Å². The van der Waals surface area contributed by atoms with Crippen molar-refractivity contribution in [1.82, 2.24) is 26.3 Å². The predicted molar refractivity (Wildman–Crippen MR) is 137 cm³/mol. The number of nitrogens with one attached hydrogen (secondary N) is 4. The number of nitrogens with zero attached hydrogens (tertiary/aromatic N) is 2. The van der Waals surface area contributed by atoms with Gasteiger partial charge in [0.05, 0.1) is 12.6 Å². The van der Waals surface area contributed by atoms with Gasteiger partial charge in [-0.1, -0.05) is 26.8 Å². The molecule has 4 amide bonds. The average molecular weight is 521 g/mol. The molecule has 3 atom stereocenters. The minimum atomic E-state index is -0.856. The molecule has 0 aromatic carbocycles. The van der Waals surface area contributed by atoms with Crippen molar-refractivity contribution in [1.29, 1.82) is 0 Å². The second-order valence-corrected chi connectivity index (χ2v) is 10.5. The Morgan fingerprint density at radius 3 is 2.46 bits per heavy atom. The molecule has 1 heterocycles. The quantitative estimate of drug-likeness (QED) is 0.0904. The lowest BCUT2D eigenvalue weighted by Crippen LogP contribution is -2.58. The number of urea groups is 1. The van der Waals surface area contributed by atoms with E-state index in [0.717, 1.165) is 19.3 Å². The Balaban J connectivity index is 1.92. The number of rotatable bonds is 13. The first-order chi connectivity index (χ1) is 17.4. The van der Waals surface area contributed by atoms with Crippen LogP contribution in [0.1, 0.15) is 53.4 Å². The van der Waals surface area contributed by atoms with Gasteiger partial charge in [0.1, 0.15) is 18.6 Å². The fourth-order valence-electron chi connectivity index (χ4n) is 3.66. The molecule has 0 aromatic heterocycles. The van der Waals surface area contributed by atoms with E-state index in [1.807, 2.05) is 20.8 Å². The highest BCUT2D eigenvalue weighted by atomic mass is 16.5. The van der Waals surface area contributed by atoms with Gasteiger partial charge < -0.3 is 25.6 Å². The van der Waals surface area contributed by atoms with E-state index in [1.54, 1.807) is 4.90 Å². The molecule has 2 rings (SSSR count). The first-order valence-corrected chi connectivity index (χ1v) is 12.7. The summed E-state index contributed by atoms with van der Waals surface area (Å²) in [5.74, 6) is -1.77. The zero-order chi connectivity index (χ0) is 27.6. The Hall–Kier alpha value is -3.44. The monoisotopic (exact) mass is 520 g/mol. The van der Waals surface area contributed by atoms with Crippen molar-refractivity contribution in [2.24, 2.45) is 16.4 Å². The van der Waals surface area contributed by atoms with Crippen LogP contribution in [0.15, 0.2) is 17.8 Å². The molecule has 4 N–H and O–H groups in total. The summed E-state index contributed by atoms with van der Waals surface area (Å²) < 4.78 is 5.11. The van der Waals surface area contributed by atoms with Crippen LogP contribution in [-0.2, 0) is 23.9 Å². The molecule has 1 saturated heterocycles. The minimum absolute atomic E-state index is 0.186. The summed E-state index contributed by atoms with van der Waals surface area (Å²) >= 11 is 0. The standard InChI is InChI=1S/C25H40N6O6/c1-6-11-26-22(34)20(33)16(2)30-28-13-18-8-7-12-31(18)23(35)21(25(3,4)5)29-24(36)27-14-19(32)37-15-17-9-10-17/h6,13,16-18,21,30H,1,7-12,14-15H2,2-5H3,(H,26,34)(H2,27,29,36). The van der Waals surface area contributed by atoms with Crippen molar-refractivity contribution >= 4 is 35.8 Å². The molecule has 1 aliphatic heterocycles. The number of hydrazone groups is 1. The van der Waals surface area contributed by atoms with Crippen molar-refractivity contribution < 1.29 is 28.7 Å². The molecule has 37 heavy (non-hydrogen) atoms. The summed E-state index contributed by atoms with van der Waals surface area (Å²) in [5, 5.41) is 11.7. The molecule has 12 nitrogen and oxygen atoms in total. The number of ketones is 1. The van der Waals surface area contributed by atoms with Crippen LogP contribution in [0.2, 0.25) is 0 Å². The molecule has 2 aliphatic rings. The maximum absolute atomic E-state index is 13.5. The van der Waals surface area contributed by atoms with E-state index < -0.39 is 41.2 Å². The van der Waals surface area contributed by atoms with Crippen LogP contribution in [0.4, 0.5) is 4.79 Å². The van der Waals surface area contributed by atoms with Crippen LogP contribution in [0, 0.1) is 11.3 Å². The van der Waals surface area contributed by atoms with Gasteiger partial charge in [-0.15, -0.1) is 6.58 Å². The number of esters is 1. The van der Waals surface area contributed by atoms with E-state index in [0.29, 0.717) is 25.5 Å². The van der Waals surface area contributed by atoms with E-state index in [9.17, 15) is 24.0 Å². The van der Waals surface area contributed by atoms with Gasteiger partial charge in [-0.25, -0.2) is 4.79 Å². The fourth-order valence-corrected chi connectivity index (χ4v) is 3.66. The van der Waals surface area contributed by atoms with Gasteiger partial charge in [-0.3, -0.25) is 24.6 Å². The molecular weight excluding hydrogens is 480 g/mol. The van der Waals surface area contributed by atoms with E-state index in [2.05, 4.69) is 33.1 Å². The van der Waals surface area contributed by atoms with E-state index in [1.165, 1.54) is 19.2 Å². The molecule has 0 aromatic rings. The smallest absolute Gasteiger partial charge is 0.325 e. The van der Waals surface area contributed by atoms with E-state index in [4.69, 9.17) is 4.74 Å². The molecule has 0 spiro atoms. The number of ether oxygens (including phenoxy) is 1. The predicted octanol–water partition coefficient (Wildman–Crippen LogP) is 0.480. The van der Waals surface area contributed by atoms with Crippen LogP contribution >= 0.6 is 0 Å². The number of Topliss-reactive ketones (excluding diaryl/α,β-unsaturated/α-hetero) is 1. The van der Waals surface area contributed by atoms with E-state index >= 15 is 0 Å². The van der Waals surface area contributed by atoms with Gasteiger partial charge in [-0.2, -0.15) is 5.10 Å². The lowest BCUT2D eigenvalue weighted by Gasteiger charge is -2.35. The lowest BCUT2D eigenvalue weighted by atomic mass is 9.85. The minimum Gasteiger partial charge on any atom is -0.464 e. The number of hydrogen-bond acceptors (Lipinski definition) is 8. The third kappa shape index (κ3) is 9.85. The maximum Gasteiger partial charge on any atom is 0.325 e. The molecular formula is C25H40N6O6. The van der Waals surface area contributed by atoms with E-state index in [-0.39, 0.29) is 25.0 Å². The molecule has 1 aliphatic carbocycles. The molecule has 3 unspecified atom stereocenters.